The number of phenolic OH excluding ortho intramolecular Hbond substituents is 1. The van der Waals surface area contributed by atoms with Crippen molar-refractivity contribution in [3.63, 3.8) is 0 Å². The van der Waals surface area contributed by atoms with Crippen molar-refractivity contribution in [2.24, 2.45) is 17.8 Å². The van der Waals surface area contributed by atoms with Gasteiger partial charge in [0.15, 0.2) is 6.10 Å². The number of rotatable bonds is 20. The Morgan fingerprint density at radius 2 is 1.66 bits per heavy atom. The van der Waals surface area contributed by atoms with E-state index < -0.39 is 48.0 Å². The van der Waals surface area contributed by atoms with Gasteiger partial charge in [-0.1, -0.05) is 89.9 Å². The molecule has 3 amide bonds. The van der Waals surface area contributed by atoms with Crippen molar-refractivity contribution in [2.75, 3.05) is 13.6 Å². The average molecular weight is 820 g/mol. The summed E-state index contributed by atoms with van der Waals surface area (Å²) in [5.41, 5.74) is 1.79. The Morgan fingerprint density at radius 1 is 0.966 bits per heavy atom. The number of esters is 1. The van der Waals surface area contributed by atoms with Crippen LogP contribution in [0.1, 0.15) is 113 Å². The van der Waals surface area contributed by atoms with Gasteiger partial charge >= 0.3 is 11.9 Å². The summed E-state index contributed by atoms with van der Waals surface area (Å²) in [4.78, 5) is 75.3. The van der Waals surface area contributed by atoms with Gasteiger partial charge in [-0.05, 0) is 74.4 Å². The van der Waals surface area contributed by atoms with E-state index in [1.807, 2.05) is 70.0 Å². The number of nitrogens with zero attached hydrogens (tertiary/aromatic N) is 3. The summed E-state index contributed by atoms with van der Waals surface area (Å²) in [6.07, 6.45) is 3.11. The van der Waals surface area contributed by atoms with Crippen LogP contribution < -0.4 is 10.6 Å². The first-order valence-corrected chi connectivity index (χ1v) is 21.2. The van der Waals surface area contributed by atoms with Crippen LogP contribution in [0.15, 0.2) is 60.0 Å². The summed E-state index contributed by atoms with van der Waals surface area (Å²) >= 11 is 1.16. The van der Waals surface area contributed by atoms with Crippen LogP contribution in [0, 0.1) is 17.8 Å². The zero-order valence-corrected chi connectivity index (χ0v) is 35.7. The number of phenols is 1. The fraction of sp³-hybridized carbons (Fsp3) is 0.545. The van der Waals surface area contributed by atoms with Crippen LogP contribution in [0.5, 0.6) is 5.75 Å². The quantitative estimate of drug-likeness (QED) is 0.0938. The molecule has 1 aliphatic heterocycles. The SMILES string of the molecule is CCC(C)C(NC(=O)C1CCCCN1C)C(=O)N(Cc1ccccc1)[C@H](C[C@@H](OC(C)=O)c1nc(C(=O)N[C@@H](Cc2ccc(O)cc2)C[C@H](C)C(=O)O)cs1)C(C)C. The third-order valence-corrected chi connectivity index (χ3v) is 12.0. The number of piperidine rings is 1. The van der Waals surface area contributed by atoms with E-state index in [9.17, 15) is 34.2 Å². The van der Waals surface area contributed by atoms with Gasteiger partial charge in [-0.2, -0.15) is 0 Å². The number of hydrogen-bond acceptors (Lipinski definition) is 10. The lowest BCUT2D eigenvalue weighted by Gasteiger charge is -2.40. The molecular weight excluding hydrogens is 759 g/mol. The molecule has 3 unspecified atom stereocenters. The minimum atomic E-state index is -0.987. The van der Waals surface area contributed by atoms with Crippen molar-refractivity contribution in [1.29, 1.82) is 0 Å². The Morgan fingerprint density at radius 3 is 2.26 bits per heavy atom. The van der Waals surface area contributed by atoms with E-state index in [4.69, 9.17) is 4.74 Å². The molecule has 1 fully saturated rings. The number of carbonyl (C=O) groups is 5. The highest BCUT2D eigenvalue weighted by Crippen LogP contribution is 2.32. The lowest BCUT2D eigenvalue weighted by molar-refractivity contribution is -0.150. The predicted molar refractivity (Wildman–Crippen MR) is 223 cm³/mol. The van der Waals surface area contributed by atoms with Crippen molar-refractivity contribution < 1.29 is 38.9 Å². The van der Waals surface area contributed by atoms with Crippen molar-refractivity contribution >= 4 is 41.0 Å². The molecule has 58 heavy (non-hydrogen) atoms. The maximum atomic E-state index is 15.0. The number of ether oxygens (including phenoxy) is 1. The van der Waals surface area contributed by atoms with E-state index in [1.54, 1.807) is 29.3 Å². The van der Waals surface area contributed by atoms with Crippen molar-refractivity contribution in [3.05, 3.63) is 81.8 Å². The van der Waals surface area contributed by atoms with E-state index in [0.717, 1.165) is 48.3 Å². The van der Waals surface area contributed by atoms with Crippen molar-refractivity contribution in [3.8, 4) is 5.75 Å². The monoisotopic (exact) mass is 819 g/mol. The first-order valence-electron chi connectivity index (χ1n) is 20.4. The molecule has 0 bridgehead atoms. The van der Waals surface area contributed by atoms with Gasteiger partial charge in [-0.25, -0.2) is 4.98 Å². The minimum absolute atomic E-state index is 0.0846. The second kappa shape index (κ2) is 21.8. The van der Waals surface area contributed by atoms with E-state index in [-0.39, 0.29) is 60.5 Å². The summed E-state index contributed by atoms with van der Waals surface area (Å²) in [6, 6.07) is 14.0. The van der Waals surface area contributed by atoms with Gasteiger partial charge in [0, 0.05) is 37.4 Å². The van der Waals surface area contributed by atoms with Gasteiger partial charge in [0.05, 0.1) is 12.0 Å². The topological polar surface area (TPSA) is 178 Å². The molecular formula is C44H61N5O8S. The van der Waals surface area contributed by atoms with Crippen LogP contribution in [0.25, 0.3) is 0 Å². The van der Waals surface area contributed by atoms with Gasteiger partial charge < -0.3 is 30.5 Å². The van der Waals surface area contributed by atoms with Gasteiger partial charge in [-0.3, -0.25) is 28.9 Å². The smallest absolute Gasteiger partial charge is 0.306 e. The van der Waals surface area contributed by atoms with Crippen molar-refractivity contribution in [1.82, 2.24) is 25.4 Å². The Kier molecular flexibility index (Phi) is 17.2. The lowest BCUT2D eigenvalue weighted by atomic mass is 9.91. The Labute approximate surface area is 346 Å². The molecule has 1 saturated heterocycles. The number of thiazole rings is 1. The Balaban J connectivity index is 1.64. The van der Waals surface area contributed by atoms with E-state index in [1.165, 1.54) is 19.1 Å². The second-order valence-corrected chi connectivity index (χ2v) is 16.9. The number of hydrogen-bond donors (Lipinski definition) is 4. The van der Waals surface area contributed by atoms with Crippen LogP contribution in [0.2, 0.25) is 0 Å². The van der Waals surface area contributed by atoms with Crippen LogP contribution in [0.4, 0.5) is 0 Å². The number of nitrogens with one attached hydrogen (secondary N) is 2. The highest BCUT2D eigenvalue weighted by Gasteiger charge is 2.39. The van der Waals surface area contributed by atoms with Gasteiger partial charge in [0.2, 0.25) is 11.8 Å². The highest BCUT2D eigenvalue weighted by molar-refractivity contribution is 7.09. The molecule has 4 rings (SSSR count). The molecule has 4 N–H and O–H groups in total. The number of aliphatic carboxylic acids is 1. The van der Waals surface area contributed by atoms with Crippen LogP contribution >= 0.6 is 11.3 Å². The summed E-state index contributed by atoms with van der Waals surface area (Å²) < 4.78 is 5.90. The number of aromatic nitrogens is 1. The molecule has 316 valence electrons. The Bertz CT molecular complexity index is 1820. The lowest BCUT2D eigenvalue weighted by Crippen LogP contribution is -2.58. The zero-order chi connectivity index (χ0) is 42.5. The number of carbonyl (C=O) groups excluding carboxylic acids is 4. The van der Waals surface area contributed by atoms with E-state index >= 15 is 0 Å². The molecule has 2 heterocycles. The molecule has 7 atom stereocenters. The number of benzene rings is 2. The first-order chi connectivity index (χ1) is 27.6. The van der Waals surface area contributed by atoms with Crippen LogP contribution in [-0.4, -0.2) is 92.4 Å². The van der Waals surface area contributed by atoms with Gasteiger partial charge in [-0.15, -0.1) is 11.3 Å². The normalized spacial score (nSPS) is 17.6. The highest BCUT2D eigenvalue weighted by atomic mass is 32.1. The summed E-state index contributed by atoms with van der Waals surface area (Å²) in [5, 5.41) is 27.4. The maximum Gasteiger partial charge on any atom is 0.306 e. The van der Waals surface area contributed by atoms with E-state index in [0.29, 0.717) is 17.8 Å². The summed E-state index contributed by atoms with van der Waals surface area (Å²) in [5.74, 6) is -3.36. The van der Waals surface area contributed by atoms with Crippen LogP contribution in [0.3, 0.4) is 0 Å². The number of likely N-dealkylation sites (tertiary alicyclic amines) is 1. The van der Waals surface area contributed by atoms with Gasteiger partial charge in [0.1, 0.15) is 22.5 Å². The summed E-state index contributed by atoms with van der Waals surface area (Å²) in [6.45, 7) is 11.9. The standard InChI is InChI=1S/C44H61N5O8S/c1-8-28(4)39(47-41(53)36-16-12-13-21-48(36)7)43(54)49(25-32-14-10-9-11-15-32)37(27(2)3)24-38(57-30(6)50)42-46-35(26-58-42)40(52)45-33(22-29(5)44(55)56)23-31-17-19-34(51)20-18-31/h9-11,14-15,17-20,26-29,33,36-39,51H,8,12-13,16,21-25H2,1-7H3,(H,45,52)(H,47,53)(H,55,56)/t28?,29-,33+,36?,37+,38+,39?/m0/s1. The maximum absolute atomic E-state index is 15.0. The number of amides is 3. The average Bonchev–Trinajstić information content (AvgIpc) is 3.69. The third-order valence-electron chi connectivity index (χ3n) is 11.1. The summed E-state index contributed by atoms with van der Waals surface area (Å²) in [7, 11) is 1.94. The number of aromatic hydroxyl groups is 1. The number of carboxylic acids is 1. The fourth-order valence-corrected chi connectivity index (χ4v) is 8.31. The van der Waals surface area contributed by atoms with Gasteiger partial charge in [0.25, 0.3) is 5.91 Å². The molecule has 0 spiro atoms. The minimum Gasteiger partial charge on any atom is -0.508 e. The van der Waals surface area contributed by atoms with E-state index in [2.05, 4.69) is 15.6 Å². The first kappa shape index (κ1) is 45.9. The predicted octanol–water partition coefficient (Wildman–Crippen LogP) is 6.36. The molecule has 2 aromatic carbocycles. The molecule has 13 nitrogen and oxygen atoms in total. The molecule has 1 aliphatic rings. The molecule has 0 radical (unpaired) electrons. The third kappa shape index (κ3) is 13.1. The molecule has 1 aromatic heterocycles. The van der Waals surface area contributed by atoms with Crippen molar-refractivity contribution in [2.45, 2.75) is 123 Å². The molecule has 3 aromatic rings. The second-order valence-electron chi connectivity index (χ2n) is 16.0. The number of carboxylic acid groups (broad SMARTS) is 1. The zero-order valence-electron chi connectivity index (χ0n) is 34.9. The van der Waals surface area contributed by atoms with Crippen LogP contribution in [-0.2, 0) is 36.9 Å². The Hall–Kier alpha value is -4.82. The molecule has 14 heteroatoms. The molecule has 0 aliphatic carbocycles. The fourth-order valence-electron chi connectivity index (χ4n) is 7.47. The largest absolute Gasteiger partial charge is 0.508 e. The number of likely N-dealkylation sites (N-methyl/N-ethyl adjacent to an activating group) is 1. The molecule has 0 saturated carbocycles.